The third-order valence-corrected chi connectivity index (χ3v) is 5.22. The van der Waals surface area contributed by atoms with E-state index in [0.717, 1.165) is 17.5 Å². The fraction of sp³-hybridized carbons (Fsp3) is 0.318. The normalized spacial score (nSPS) is 13.8. The van der Waals surface area contributed by atoms with Crippen molar-refractivity contribution in [3.8, 4) is 0 Å². The summed E-state index contributed by atoms with van der Waals surface area (Å²) in [5.74, 6) is -0.798. The first-order chi connectivity index (χ1) is 14.0. The smallest absolute Gasteiger partial charge is 0.255 e. The molecule has 1 aliphatic heterocycles. The van der Waals surface area contributed by atoms with Crippen molar-refractivity contribution in [1.29, 1.82) is 0 Å². The Morgan fingerprint density at radius 2 is 2.03 bits per heavy atom. The number of benzene rings is 2. The number of fused-ring (bicyclic) bond motifs is 1. The highest BCUT2D eigenvalue weighted by Gasteiger charge is 2.36. The zero-order valence-corrected chi connectivity index (χ0v) is 16.5. The Hall–Kier alpha value is -3.22. The van der Waals surface area contributed by atoms with Crippen molar-refractivity contribution in [2.45, 2.75) is 38.9 Å². The van der Waals surface area contributed by atoms with E-state index in [9.17, 15) is 18.8 Å². The number of aldehydes is 1. The highest BCUT2D eigenvalue weighted by atomic mass is 19.1. The molecular weight excluding hydrogens is 373 g/mol. The first-order valence-electron chi connectivity index (χ1n) is 9.53. The second-order valence-corrected chi connectivity index (χ2v) is 7.04. The standard InChI is InChI=1S/C22H24FN3O3/c1-14-6-3-7-15(20(14)23)12-25-18-9-4-8-16-17(18)13-26(22(16)29)19(10-5-11-27)21(28)24-2/h3-4,6-9,11,19,25H,5,10,12-13H2,1-2H3,(H,24,28). The van der Waals surface area contributed by atoms with Gasteiger partial charge in [-0.1, -0.05) is 24.3 Å². The summed E-state index contributed by atoms with van der Waals surface area (Å²) in [4.78, 5) is 37.5. The van der Waals surface area contributed by atoms with Gasteiger partial charge in [0.05, 0.1) is 0 Å². The number of anilines is 1. The van der Waals surface area contributed by atoms with E-state index in [0.29, 0.717) is 16.7 Å². The Labute approximate surface area is 169 Å². The minimum atomic E-state index is -0.716. The molecule has 1 unspecified atom stereocenters. The van der Waals surface area contributed by atoms with Crippen LogP contribution >= 0.6 is 0 Å². The molecule has 0 saturated carbocycles. The predicted octanol–water partition coefficient (Wildman–Crippen LogP) is 2.80. The topological polar surface area (TPSA) is 78.5 Å². The summed E-state index contributed by atoms with van der Waals surface area (Å²) < 4.78 is 14.3. The largest absolute Gasteiger partial charge is 0.381 e. The molecule has 0 aliphatic carbocycles. The Bertz CT molecular complexity index is 945. The summed E-state index contributed by atoms with van der Waals surface area (Å²) in [6, 6.07) is 9.84. The second kappa shape index (κ2) is 8.86. The van der Waals surface area contributed by atoms with Gasteiger partial charge in [0.15, 0.2) is 0 Å². The lowest BCUT2D eigenvalue weighted by Crippen LogP contribution is -2.46. The molecule has 152 valence electrons. The zero-order chi connectivity index (χ0) is 21.0. The van der Waals surface area contributed by atoms with Crippen LogP contribution in [-0.4, -0.2) is 36.1 Å². The van der Waals surface area contributed by atoms with Crippen LogP contribution in [-0.2, 0) is 22.7 Å². The number of hydrogen-bond donors (Lipinski definition) is 2. The Morgan fingerprint density at radius 3 is 2.76 bits per heavy atom. The Kier molecular flexibility index (Phi) is 6.26. The monoisotopic (exact) mass is 397 g/mol. The van der Waals surface area contributed by atoms with Crippen molar-refractivity contribution in [2.75, 3.05) is 12.4 Å². The number of amides is 2. The number of likely N-dealkylation sites (N-methyl/N-ethyl adjacent to an activating group) is 1. The van der Waals surface area contributed by atoms with E-state index in [1.807, 2.05) is 6.07 Å². The SMILES string of the molecule is CNC(=O)C(CCC=O)N1Cc2c(NCc3cccc(C)c3F)cccc2C1=O. The van der Waals surface area contributed by atoms with Crippen LogP contribution in [0, 0.1) is 12.7 Å². The maximum atomic E-state index is 14.3. The van der Waals surface area contributed by atoms with Crippen molar-refractivity contribution in [3.05, 3.63) is 64.5 Å². The molecular formula is C22H24FN3O3. The van der Waals surface area contributed by atoms with Crippen LogP contribution in [0.3, 0.4) is 0 Å². The van der Waals surface area contributed by atoms with Crippen LogP contribution in [0.25, 0.3) is 0 Å². The van der Waals surface area contributed by atoms with Gasteiger partial charge in [-0.3, -0.25) is 9.59 Å². The van der Waals surface area contributed by atoms with Gasteiger partial charge in [0.25, 0.3) is 5.91 Å². The highest BCUT2D eigenvalue weighted by Crippen LogP contribution is 2.32. The maximum absolute atomic E-state index is 14.3. The lowest BCUT2D eigenvalue weighted by molar-refractivity contribution is -0.125. The van der Waals surface area contributed by atoms with Crippen LogP contribution in [0.2, 0.25) is 0 Å². The van der Waals surface area contributed by atoms with Crippen molar-refractivity contribution in [3.63, 3.8) is 0 Å². The average molecular weight is 397 g/mol. The summed E-state index contributed by atoms with van der Waals surface area (Å²) in [7, 11) is 1.51. The molecule has 0 spiro atoms. The molecule has 0 bridgehead atoms. The van der Waals surface area contributed by atoms with E-state index >= 15 is 0 Å². The third kappa shape index (κ3) is 4.13. The van der Waals surface area contributed by atoms with Crippen LogP contribution in [0.4, 0.5) is 10.1 Å². The highest BCUT2D eigenvalue weighted by molar-refractivity contribution is 6.02. The second-order valence-electron chi connectivity index (χ2n) is 7.04. The fourth-order valence-electron chi connectivity index (χ4n) is 3.63. The maximum Gasteiger partial charge on any atom is 0.255 e. The molecule has 2 amide bonds. The third-order valence-electron chi connectivity index (χ3n) is 5.22. The molecule has 29 heavy (non-hydrogen) atoms. The van der Waals surface area contributed by atoms with Gasteiger partial charge < -0.3 is 20.3 Å². The lowest BCUT2D eigenvalue weighted by atomic mass is 10.1. The first kappa shape index (κ1) is 20.5. The molecule has 7 heteroatoms. The number of rotatable bonds is 8. The van der Waals surface area contributed by atoms with Crippen molar-refractivity contribution < 1.29 is 18.8 Å². The van der Waals surface area contributed by atoms with E-state index in [4.69, 9.17) is 0 Å². The number of nitrogens with zero attached hydrogens (tertiary/aromatic N) is 1. The van der Waals surface area contributed by atoms with Crippen molar-refractivity contribution in [1.82, 2.24) is 10.2 Å². The van der Waals surface area contributed by atoms with Gasteiger partial charge in [-0.25, -0.2) is 4.39 Å². The summed E-state index contributed by atoms with van der Waals surface area (Å²) >= 11 is 0. The number of aryl methyl sites for hydroxylation is 1. The van der Waals surface area contributed by atoms with Gasteiger partial charge in [0, 0.05) is 48.9 Å². The van der Waals surface area contributed by atoms with Gasteiger partial charge in [-0.05, 0) is 31.0 Å². The summed E-state index contributed by atoms with van der Waals surface area (Å²) in [6.45, 7) is 2.25. The number of nitrogens with one attached hydrogen (secondary N) is 2. The van der Waals surface area contributed by atoms with Crippen molar-refractivity contribution in [2.24, 2.45) is 0 Å². The molecule has 0 aromatic heterocycles. The average Bonchev–Trinajstić information content (AvgIpc) is 3.06. The molecule has 1 aliphatic rings. The molecule has 2 aromatic rings. The van der Waals surface area contributed by atoms with Gasteiger partial charge in [0.1, 0.15) is 18.1 Å². The Balaban J connectivity index is 1.83. The van der Waals surface area contributed by atoms with E-state index in [1.165, 1.54) is 11.9 Å². The van der Waals surface area contributed by atoms with Gasteiger partial charge in [0.2, 0.25) is 5.91 Å². The molecule has 0 radical (unpaired) electrons. The minimum Gasteiger partial charge on any atom is -0.381 e. The van der Waals surface area contributed by atoms with Crippen molar-refractivity contribution >= 4 is 23.8 Å². The molecule has 3 rings (SSSR count). The molecule has 0 fully saturated rings. The first-order valence-corrected chi connectivity index (χ1v) is 9.53. The minimum absolute atomic E-state index is 0.190. The lowest BCUT2D eigenvalue weighted by Gasteiger charge is -2.25. The van der Waals surface area contributed by atoms with Crippen LogP contribution in [0.5, 0.6) is 0 Å². The number of halogens is 1. The fourth-order valence-corrected chi connectivity index (χ4v) is 3.63. The number of hydrogen-bond acceptors (Lipinski definition) is 4. The quantitative estimate of drug-likeness (QED) is 0.672. The molecule has 6 nitrogen and oxygen atoms in total. The summed E-state index contributed by atoms with van der Waals surface area (Å²) in [5, 5.41) is 5.79. The van der Waals surface area contributed by atoms with E-state index in [-0.39, 0.29) is 43.6 Å². The summed E-state index contributed by atoms with van der Waals surface area (Å²) in [6.07, 6.45) is 1.20. The van der Waals surface area contributed by atoms with Gasteiger partial charge in [-0.15, -0.1) is 0 Å². The van der Waals surface area contributed by atoms with Crippen LogP contribution in [0.1, 0.15) is 39.9 Å². The van der Waals surface area contributed by atoms with E-state index < -0.39 is 6.04 Å². The molecule has 2 N–H and O–H groups in total. The summed E-state index contributed by atoms with van der Waals surface area (Å²) in [5.41, 5.74) is 3.13. The Morgan fingerprint density at radius 1 is 1.28 bits per heavy atom. The van der Waals surface area contributed by atoms with Gasteiger partial charge >= 0.3 is 0 Å². The van der Waals surface area contributed by atoms with Crippen LogP contribution < -0.4 is 10.6 Å². The van der Waals surface area contributed by atoms with Crippen LogP contribution in [0.15, 0.2) is 36.4 Å². The number of carbonyl (C=O) groups excluding carboxylic acids is 3. The number of carbonyl (C=O) groups is 3. The molecule has 1 heterocycles. The molecule has 1 atom stereocenters. The van der Waals surface area contributed by atoms with E-state index in [1.54, 1.807) is 37.3 Å². The van der Waals surface area contributed by atoms with Gasteiger partial charge in [-0.2, -0.15) is 0 Å². The zero-order valence-electron chi connectivity index (χ0n) is 16.5. The van der Waals surface area contributed by atoms with E-state index in [2.05, 4.69) is 10.6 Å². The molecule has 2 aromatic carbocycles. The predicted molar refractivity (Wildman–Crippen MR) is 108 cm³/mol. The molecule has 0 saturated heterocycles.